The summed E-state index contributed by atoms with van der Waals surface area (Å²) in [6.07, 6.45) is 3.30. The van der Waals surface area contributed by atoms with E-state index in [0.29, 0.717) is 28.6 Å². The SMILES string of the molecule is Fc1cccc(NC(=S)Nc2cnn(Cc3ccccc3F)c2)c1. The van der Waals surface area contributed by atoms with Gasteiger partial charge >= 0.3 is 0 Å². The van der Waals surface area contributed by atoms with E-state index >= 15 is 0 Å². The Morgan fingerprint density at radius 2 is 1.83 bits per heavy atom. The van der Waals surface area contributed by atoms with Crippen molar-refractivity contribution in [3.63, 3.8) is 0 Å². The maximum Gasteiger partial charge on any atom is 0.175 e. The van der Waals surface area contributed by atoms with Crippen LogP contribution in [0.5, 0.6) is 0 Å². The third kappa shape index (κ3) is 4.14. The van der Waals surface area contributed by atoms with Crippen molar-refractivity contribution >= 4 is 28.7 Å². The number of hydrogen-bond donors (Lipinski definition) is 2. The first-order valence-corrected chi connectivity index (χ1v) is 7.60. The van der Waals surface area contributed by atoms with E-state index in [0.717, 1.165) is 0 Å². The lowest BCUT2D eigenvalue weighted by Gasteiger charge is -2.08. The lowest BCUT2D eigenvalue weighted by Crippen LogP contribution is -2.18. The van der Waals surface area contributed by atoms with E-state index in [2.05, 4.69) is 15.7 Å². The van der Waals surface area contributed by atoms with Crippen molar-refractivity contribution in [3.05, 3.63) is 78.1 Å². The summed E-state index contributed by atoms with van der Waals surface area (Å²) in [4.78, 5) is 0. The zero-order chi connectivity index (χ0) is 16.9. The van der Waals surface area contributed by atoms with Crippen LogP contribution in [0.2, 0.25) is 0 Å². The molecular weight excluding hydrogens is 330 g/mol. The highest BCUT2D eigenvalue weighted by Gasteiger charge is 2.05. The minimum absolute atomic E-state index is 0.272. The van der Waals surface area contributed by atoms with Gasteiger partial charge in [0.15, 0.2) is 5.11 Å². The Kier molecular flexibility index (Phi) is 4.81. The van der Waals surface area contributed by atoms with Crippen molar-refractivity contribution in [1.82, 2.24) is 9.78 Å². The molecule has 7 heteroatoms. The smallest absolute Gasteiger partial charge is 0.175 e. The van der Waals surface area contributed by atoms with E-state index in [1.807, 2.05) is 0 Å². The average Bonchev–Trinajstić information content (AvgIpc) is 2.96. The molecule has 4 nitrogen and oxygen atoms in total. The zero-order valence-electron chi connectivity index (χ0n) is 12.5. The van der Waals surface area contributed by atoms with E-state index in [-0.39, 0.29) is 11.6 Å². The maximum atomic E-state index is 13.6. The number of anilines is 2. The molecule has 0 aliphatic carbocycles. The fourth-order valence-electron chi connectivity index (χ4n) is 2.18. The monoisotopic (exact) mass is 344 g/mol. The largest absolute Gasteiger partial charge is 0.332 e. The van der Waals surface area contributed by atoms with E-state index in [1.54, 1.807) is 47.4 Å². The average molecular weight is 344 g/mol. The summed E-state index contributed by atoms with van der Waals surface area (Å²) in [5, 5.41) is 10.3. The van der Waals surface area contributed by atoms with Crippen molar-refractivity contribution in [1.29, 1.82) is 0 Å². The molecule has 0 spiro atoms. The lowest BCUT2D eigenvalue weighted by atomic mass is 10.2. The summed E-state index contributed by atoms with van der Waals surface area (Å²) < 4.78 is 28.4. The van der Waals surface area contributed by atoms with Crippen LogP contribution in [0.25, 0.3) is 0 Å². The molecule has 0 saturated carbocycles. The van der Waals surface area contributed by atoms with Crippen LogP contribution < -0.4 is 10.6 Å². The van der Waals surface area contributed by atoms with Gasteiger partial charge in [-0.15, -0.1) is 0 Å². The van der Waals surface area contributed by atoms with Crippen molar-refractivity contribution in [3.8, 4) is 0 Å². The van der Waals surface area contributed by atoms with Gasteiger partial charge in [0.25, 0.3) is 0 Å². The van der Waals surface area contributed by atoms with Crippen LogP contribution in [0.15, 0.2) is 60.9 Å². The molecule has 1 aromatic heterocycles. The highest BCUT2D eigenvalue weighted by Crippen LogP contribution is 2.13. The number of nitrogens with one attached hydrogen (secondary N) is 2. The molecule has 0 radical (unpaired) electrons. The predicted molar refractivity (Wildman–Crippen MR) is 94.0 cm³/mol. The van der Waals surface area contributed by atoms with Crippen LogP contribution in [0.1, 0.15) is 5.56 Å². The molecule has 0 unspecified atom stereocenters. The molecule has 0 bridgehead atoms. The maximum absolute atomic E-state index is 13.6. The molecule has 0 amide bonds. The number of thiocarbonyl (C=S) groups is 1. The molecule has 0 saturated heterocycles. The van der Waals surface area contributed by atoms with E-state index in [1.165, 1.54) is 18.2 Å². The molecule has 0 fully saturated rings. The van der Waals surface area contributed by atoms with Gasteiger partial charge in [-0.2, -0.15) is 5.10 Å². The van der Waals surface area contributed by atoms with Crippen LogP contribution in [-0.4, -0.2) is 14.9 Å². The number of aromatic nitrogens is 2. The molecule has 0 atom stereocenters. The number of nitrogens with zero attached hydrogens (tertiary/aromatic N) is 2. The Labute approximate surface area is 143 Å². The van der Waals surface area contributed by atoms with Crippen LogP contribution in [0.3, 0.4) is 0 Å². The second-order valence-corrected chi connectivity index (χ2v) is 5.52. The first kappa shape index (κ1) is 16.1. The zero-order valence-corrected chi connectivity index (χ0v) is 13.4. The van der Waals surface area contributed by atoms with Gasteiger partial charge in [0.05, 0.1) is 18.4 Å². The molecule has 0 aliphatic rings. The van der Waals surface area contributed by atoms with Crippen molar-refractivity contribution in [2.45, 2.75) is 6.54 Å². The van der Waals surface area contributed by atoms with Crippen molar-refractivity contribution < 1.29 is 8.78 Å². The van der Waals surface area contributed by atoms with Gasteiger partial charge in [0.1, 0.15) is 11.6 Å². The molecule has 2 aromatic carbocycles. The predicted octanol–water partition coefficient (Wildman–Crippen LogP) is 4.02. The van der Waals surface area contributed by atoms with E-state index in [4.69, 9.17) is 12.2 Å². The number of halogens is 2. The topological polar surface area (TPSA) is 41.9 Å². The minimum atomic E-state index is -0.347. The molecule has 24 heavy (non-hydrogen) atoms. The second kappa shape index (κ2) is 7.18. The summed E-state index contributed by atoms with van der Waals surface area (Å²) >= 11 is 5.18. The van der Waals surface area contributed by atoms with Gasteiger partial charge in [-0.3, -0.25) is 4.68 Å². The van der Waals surface area contributed by atoms with Crippen LogP contribution in [0, 0.1) is 11.6 Å². The molecule has 1 heterocycles. The fraction of sp³-hybridized carbons (Fsp3) is 0.0588. The summed E-state index contributed by atoms with van der Waals surface area (Å²) in [5.41, 5.74) is 1.75. The highest BCUT2D eigenvalue weighted by molar-refractivity contribution is 7.80. The number of hydrogen-bond acceptors (Lipinski definition) is 2. The number of rotatable bonds is 4. The Morgan fingerprint density at radius 1 is 1.04 bits per heavy atom. The Balaban J connectivity index is 1.61. The number of benzene rings is 2. The molecular formula is C17H14F2N4S. The van der Waals surface area contributed by atoms with E-state index < -0.39 is 0 Å². The highest BCUT2D eigenvalue weighted by atomic mass is 32.1. The van der Waals surface area contributed by atoms with Crippen LogP contribution >= 0.6 is 12.2 Å². The first-order chi connectivity index (χ1) is 11.6. The Morgan fingerprint density at radius 3 is 2.62 bits per heavy atom. The third-order valence-electron chi connectivity index (χ3n) is 3.26. The van der Waals surface area contributed by atoms with Crippen molar-refractivity contribution in [2.24, 2.45) is 0 Å². The Hall–Kier alpha value is -2.80. The quantitative estimate of drug-likeness (QED) is 0.702. The molecule has 0 aliphatic heterocycles. The minimum Gasteiger partial charge on any atom is -0.332 e. The van der Waals surface area contributed by atoms with Crippen LogP contribution in [0.4, 0.5) is 20.2 Å². The molecule has 122 valence electrons. The molecule has 3 rings (SSSR count). The standard InChI is InChI=1S/C17H14F2N4S/c18-13-5-3-6-14(8-13)21-17(24)22-15-9-20-23(11-15)10-12-4-1-2-7-16(12)19/h1-9,11H,10H2,(H2,21,22,24). The first-order valence-electron chi connectivity index (χ1n) is 7.19. The lowest BCUT2D eigenvalue weighted by molar-refractivity contribution is 0.585. The third-order valence-corrected chi connectivity index (χ3v) is 3.47. The summed E-state index contributed by atoms with van der Waals surface area (Å²) in [7, 11) is 0. The summed E-state index contributed by atoms with van der Waals surface area (Å²) in [6.45, 7) is 0.318. The second-order valence-electron chi connectivity index (χ2n) is 5.11. The summed E-state index contributed by atoms with van der Waals surface area (Å²) in [5.74, 6) is -0.619. The molecule has 2 N–H and O–H groups in total. The van der Waals surface area contributed by atoms with Gasteiger partial charge < -0.3 is 10.6 Å². The van der Waals surface area contributed by atoms with Crippen molar-refractivity contribution in [2.75, 3.05) is 10.6 Å². The molecule has 3 aromatic rings. The normalized spacial score (nSPS) is 10.4. The fourth-order valence-corrected chi connectivity index (χ4v) is 2.41. The van der Waals surface area contributed by atoms with Gasteiger partial charge in [-0.1, -0.05) is 24.3 Å². The van der Waals surface area contributed by atoms with Gasteiger partial charge in [-0.25, -0.2) is 8.78 Å². The Bertz CT molecular complexity index is 863. The van der Waals surface area contributed by atoms with E-state index in [9.17, 15) is 8.78 Å². The van der Waals surface area contributed by atoms with Gasteiger partial charge in [0.2, 0.25) is 0 Å². The van der Waals surface area contributed by atoms with Gasteiger partial charge in [-0.05, 0) is 36.5 Å². The van der Waals surface area contributed by atoms with Gasteiger partial charge in [0, 0.05) is 17.4 Å². The summed E-state index contributed by atoms with van der Waals surface area (Å²) in [6, 6.07) is 12.5. The van der Waals surface area contributed by atoms with Crippen LogP contribution in [-0.2, 0) is 6.54 Å².